The average molecular weight is 611 g/mol. The van der Waals surface area contributed by atoms with E-state index >= 15 is 0 Å². The van der Waals surface area contributed by atoms with Gasteiger partial charge in [0, 0.05) is 11.6 Å². The maximum Gasteiger partial charge on any atom is 0.314 e. The van der Waals surface area contributed by atoms with Crippen molar-refractivity contribution in [2.75, 3.05) is 0 Å². The van der Waals surface area contributed by atoms with Crippen LogP contribution >= 0.6 is 0 Å². The quantitative estimate of drug-likeness (QED) is 0.185. The SMILES string of the molecule is CC[Si](OC1=CC(=O)c2c(O[Si](CC)(c3ccccc3)c3ccccc3)cccc2C1=O)(c1ccccc1)c1ccccc1. The predicted octanol–water partition coefficient (Wildman–Crippen LogP) is 5.90. The molecule has 1 aliphatic carbocycles. The molecular formula is C38H34O4Si2. The van der Waals surface area contributed by atoms with E-state index in [1.807, 2.05) is 78.9 Å². The van der Waals surface area contributed by atoms with Crippen LogP contribution in [0, 0.1) is 0 Å². The Morgan fingerprint density at radius 2 is 0.909 bits per heavy atom. The number of rotatable bonds is 10. The number of ketones is 2. The van der Waals surface area contributed by atoms with E-state index in [9.17, 15) is 9.59 Å². The second-order valence-corrected chi connectivity index (χ2v) is 18.3. The Bertz CT molecular complexity index is 1720. The van der Waals surface area contributed by atoms with Gasteiger partial charge in [-0.3, -0.25) is 9.59 Å². The monoisotopic (exact) mass is 610 g/mol. The maximum atomic E-state index is 14.2. The molecule has 0 unspecified atom stereocenters. The molecule has 1 aliphatic rings. The van der Waals surface area contributed by atoms with Crippen molar-refractivity contribution in [1.82, 2.24) is 0 Å². The largest absolute Gasteiger partial charge is 0.534 e. The van der Waals surface area contributed by atoms with Gasteiger partial charge in [0.15, 0.2) is 11.5 Å². The minimum absolute atomic E-state index is 0.0889. The molecule has 0 saturated carbocycles. The molecule has 0 atom stereocenters. The van der Waals surface area contributed by atoms with Crippen molar-refractivity contribution in [2.24, 2.45) is 0 Å². The fraction of sp³-hybridized carbons (Fsp3) is 0.105. The Hall–Kier alpha value is -4.79. The van der Waals surface area contributed by atoms with Crippen LogP contribution in [0.1, 0.15) is 34.6 Å². The molecule has 5 aromatic carbocycles. The molecule has 6 rings (SSSR count). The second-order valence-electron chi connectivity index (χ2n) is 10.9. The summed E-state index contributed by atoms with van der Waals surface area (Å²) >= 11 is 0. The van der Waals surface area contributed by atoms with E-state index in [-0.39, 0.29) is 17.3 Å². The molecule has 6 heteroatoms. The highest BCUT2D eigenvalue weighted by atomic mass is 28.4. The molecule has 0 amide bonds. The van der Waals surface area contributed by atoms with E-state index in [0.717, 1.165) is 26.8 Å². The first-order valence-electron chi connectivity index (χ1n) is 15.1. The topological polar surface area (TPSA) is 52.6 Å². The number of carbonyl (C=O) groups is 2. The van der Waals surface area contributed by atoms with Crippen molar-refractivity contribution in [3.8, 4) is 5.75 Å². The first-order chi connectivity index (χ1) is 21.5. The highest BCUT2D eigenvalue weighted by Crippen LogP contribution is 2.33. The van der Waals surface area contributed by atoms with Gasteiger partial charge in [0.25, 0.3) is 0 Å². The molecule has 0 N–H and O–H groups in total. The van der Waals surface area contributed by atoms with E-state index in [1.54, 1.807) is 12.1 Å². The first-order valence-corrected chi connectivity index (χ1v) is 19.3. The standard InChI is InChI=1S/C38H34O4Si2/c1-3-43(29-18-9-5-10-19-29,30-20-11-6-12-21-30)41-35-27-17-26-33-37(35)34(39)28-36(38(33)40)42-44(4-2,31-22-13-7-14-23-31)32-24-15-8-16-25-32/h5-28H,3-4H2,1-2H3. The Balaban J connectivity index is 1.43. The third-order valence-electron chi connectivity index (χ3n) is 8.53. The number of hydrogen-bond acceptors (Lipinski definition) is 4. The van der Waals surface area contributed by atoms with Gasteiger partial charge < -0.3 is 8.85 Å². The molecule has 218 valence electrons. The van der Waals surface area contributed by atoms with Gasteiger partial charge in [0.05, 0.1) is 5.56 Å². The van der Waals surface area contributed by atoms with Crippen molar-refractivity contribution < 1.29 is 18.4 Å². The second kappa shape index (κ2) is 12.4. The van der Waals surface area contributed by atoms with E-state index in [2.05, 4.69) is 62.4 Å². The van der Waals surface area contributed by atoms with Crippen molar-refractivity contribution >= 4 is 48.9 Å². The Kier molecular flexibility index (Phi) is 8.28. The summed E-state index contributed by atoms with van der Waals surface area (Å²) in [5.74, 6) is -0.0654. The van der Waals surface area contributed by atoms with Crippen LogP contribution in [-0.4, -0.2) is 28.2 Å². The van der Waals surface area contributed by atoms with Gasteiger partial charge in [-0.05, 0) is 45.0 Å². The van der Waals surface area contributed by atoms with Gasteiger partial charge in [0.2, 0.25) is 5.78 Å². The lowest BCUT2D eigenvalue weighted by molar-refractivity contribution is 0.0944. The zero-order chi connectivity index (χ0) is 30.6. The summed E-state index contributed by atoms with van der Waals surface area (Å²) in [6, 6.07) is 47.3. The first kappa shape index (κ1) is 29.3. The third-order valence-corrected chi connectivity index (χ3v) is 16.7. The summed E-state index contributed by atoms with van der Waals surface area (Å²) in [6.07, 6.45) is 1.38. The number of carbonyl (C=O) groups excluding carboxylic acids is 2. The van der Waals surface area contributed by atoms with Crippen LogP contribution in [0.25, 0.3) is 0 Å². The smallest absolute Gasteiger partial charge is 0.314 e. The zero-order valence-corrected chi connectivity index (χ0v) is 26.9. The van der Waals surface area contributed by atoms with Gasteiger partial charge in [0.1, 0.15) is 5.75 Å². The van der Waals surface area contributed by atoms with Crippen LogP contribution in [0.15, 0.2) is 151 Å². The molecule has 4 nitrogen and oxygen atoms in total. The lowest BCUT2D eigenvalue weighted by Crippen LogP contribution is -2.63. The fourth-order valence-electron chi connectivity index (χ4n) is 6.26. The zero-order valence-electron chi connectivity index (χ0n) is 24.9. The summed E-state index contributed by atoms with van der Waals surface area (Å²) in [7, 11) is -5.74. The molecule has 0 heterocycles. The molecule has 44 heavy (non-hydrogen) atoms. The summed E-state index contributed by atoms with van der Waals surface area (Å²) < 4.78 is 13.9. The highest BCUT2D eigenvalue weighted by Gasteiger charge is 2.44. The lowest BCUT2D eigenvalue weighted by Gasteiger charge is -2.35. The molecular weight excluding hydrogens is 577 g/mol. The van der Waals surface area contributed by atoms with Crippen LogP contribution < -0.4 is 25.2 Å². The Morgan fingerprint density at radius 1 is 0.500 bits per heavy atom. The number of fused-ring (bicyclic) bond motifs is 1. The van der Waals surface area contributed by atoms with Gasteiger partial charge in [-0.15, -0.1) is 0 Å². The van der Waals surface area contributed by atoms with E-state index in [0.29, 0.717) is 22.9 Å². The summed E-state index contributed by atoms with van der Waals surface area (Å²) in [4.78, 5) is 28.2. The minimum Gasteiger partial charge on any atom is -0.534 e. The van der Waals surface area contributed by atoms with Crippen molar-refractivity contribution in [3.63, 3.8) is 0 Å². The van der Waals surface area contributed by atoms with Crippen molar-refractivity contribution in [2.45, 2.75) is 25.9 Å². The molecule has 0 bridgehead atoms. The van der Waals surface area contributed by atoms with Crippen molar-refractivity contribution in [1.29, 1.82) is 0 Å². The molecule has 0 saturated heterocycles. The number of allylic oxidation sites excluding steroid dienone is 2. The minimum atomic E-state index is -2.91. The molecule has 0 fully saturated rings. The van der Waals surface area contributed by atoms with E-state index < -0.39 is 16.6 Å². The van der Waals surface area contributed by atoms with Gasteiger partial charge in [-0.25, -0.2) is 0 Å². The van der Waals surface area contributed by atoms with Crippen LogP contribution in [-0.2, 0) is 4.43 Å². The molecule has 0 radical (unpaired) electrons. The average Bonchev–Trinajstić information content (AvgIpc) is 3.09. The molecule has 0 spiro atoms. The third kappa shape index (κ3) is 5.16. The maximum absolute atomic E-state index is 14.2. The summed E-state index contributed by atoms with van der Waals surface area (Å²) in [5.41, 5.74) is 0.607. The van der Waals surface area contributed by atoms with Crippen molar-refractivity contribution in [3.05, 3.63) is 162 Å². The molecule has 0 aromatic heterocycles. The lowest BCUT2D eigenvalue weighted by atomic mass is 9.93. The van der Waals surface area contributed by atoms with Crippen LogP contribution in [0.4, 0.5) is 0 Å². The van der Waals surface area contributed by atoms with Crippen LogP contribution in [0.3, 0.4) is 0 Å². The van der Waals surface area contributed by atoms with Gasteiger partial charge in [-0.2, -0.15) is 0 Å². The summed E-state index contributed by atoms with van der Waals surface area (Å²) in [6.45, 7) is 4.21. The molecule has 5 aromatic rings. The van der Waals surface area contributed by atoms with Gasteiger partial charge >= 0.3 is 16.6 Å². The number of benzene rings is 5. The Labute approximate surface area is 260 Å². The van der Waals surface area contributed by atoms with Gasteiger partial charge in [-0.1, -0.05) is 141 Å². The van der Waals surface area contributed by atoms with Crippen LogP contribution in [0.2, 0.25) is 12.1 Å². The number of hydrogen-bond donors (Lipinski definition) is 0. The summed E-state index contributed by atoms with van der Waals surface area (Å²) in [5, 5.41) is 4.29. The molecule has 0 aliphatic heterocycles. The van der Waals surface area contributed by atoms with E-state index in [1.165, 1.54) is 6.08 Å². The van der Waals surface area contributed by atoms with Crippen LogP contribution in [0.5, 0.6) is 5.75 Å². The predicted molar refractivity (Wildman–Crippen MR) is 182 cm³/mol. The number of Topliss-reactive ketones (excluding diaryl/α,β-unsaturated/α-hetero) is 1. The fourth-order valence-corrected chi connectivity index (χ4v) is 13.3. The highest BCUT2D eigenvalue weighted by molar-refractivity contribution is 6.98. The van der Waals surface area contributed by atoms with E-state index in [4.69, 9.17) is 8.85 Å². The normalized spacial score (nSPS) is 13.2. The Morgan fingerprint density at radius 3 is 1.32 bits per heavy atom.